The molecule has 16 heavy (non-hydrogen) atoms. The van der Waals surface area contributed by atoms with Gasteiger partial charge < -0.3 is 9.47 Å². The van der Waals surface area contributed by atoms with E-state index in [1.807, 2.05) is 18.2 Å². The second-order valence-electron chi connectivity index (χ2n) is 3.02. The van der Waals surface area contributed by atoms with E-state index in [4.69, 9.17) is 9.47 Å². The maximum atomic E-state index is 5.13. The van der Waals surface area contributed by atoms with Crippen LogP contribution in [0.25, 0.3) is 11.3 Å². The summed E-state index contributed by atoms with van der Waals surface area (Å²) >= 11 is 0. The van der Waals surface area contributed by atoms with E-state index in [-0.39, 0.29) is 0 Å². The van der Waals surface area contributed by atoms with Gasteiger partial charge in [-0.3, -0.25) is 4.98 Å². The first-order chi connectivity index (χ1) is 7.85. The molecule has 0 radical (unpaired) electrons. The van der Waals surface area contributed by atoms with Gasteiger partial charge in [-0.25, -0.2) is 0 Å². The fourth-order valence-corrected chi connectivity index (χ4v) is 1.32. The Kier molecular flexibility index (Phi) is 2.95. The molecule has 0 N–H and O–H groups in total. The van der Waals surface area contributed by atoms with Gasteiger partial charge in [0.1, 0.15) is 0 Å². The Bertz CT molecular complexity index is 474. The fourth-order valence-electron chi connectivity index (χ4n) is 1.32. The van der Waals surface area contributed by atoms with Crippen LogP contribution in [-0.4, -0.2) is 29.4 Å². The molecular formula is C11H11N3O2. The van der Waals surface area contributed by atoms with Crippen molar-refractivity contribution in [1.29, 1.82) is 0 Å². The van der Waals surface area contributed by atoms with E-state index in [0.717, 1.165) is 11.3 Å². The van der Waals surface area contributed by atoms with Crippen LogP contribution in [0.2, 0.25) is 0 Å². The quantitative estimate of drug-likeness (QED) is 0.780. The van der Waals surface area contributed by atoms with E-state index in [1.54, 1.807) is 26.5 Å². The summed E-state index contributed by atoms with van der Waals surface area (Å²) in [5.41, 5.74) is 1.53. The van der Waals surface area contributed by atoms with Crippen molar-refractivity contribution < 1.29 is 9.47 Å². The molecule has 0 fully saturated rings. The van der Waals surface area contributed by atoms with E-state index >= 15 is 0 Å². The average Bonchev–Trinajstić information content (AvgIpc) is 2.39. The van der Waals surface area contributed by atoms with Crippen LogP contribution in [0.15, 0.2) is 30.5 Å². The number of pyridine rings is 1. The van der Waals surface area contributed by atoms with E-state index in [2.05, 4.69) is 15.2 Å². The van der Waals surface area contributed by atoms with Crippen molar-refractivity contribution in [2.75, 3.05) is 14.2 Å². The average molecular weight is 217 g/mol. The monoisotopic (exact) mass is 217 g/mol. The van der Waals surface area contributed by atoms with Gasteiger partial charge in [-0.1, -0.05) is 6.07 Å². The summed E-state index contributed by atoms with van der Waals surface area (Å²) in [5.74, 6) is 0.862. The highest BCUT2D eigenvalue weighted by Crippen LogP contribution is 2.27. The molecule has 0 bridgehead atoms. The first kappa shape index (κ1) is 10.4. The Morgan fingerprint density at radius 3 is 2.56 bits per heavy atom. The zero-order valence-electron chi connectivity index (χ0n) is 9.04. The summed E-state index contributed by atoms with van der Waals surface area (Å²) in [6.07, 6.45) is 1.71. The summed E-state index contributed by atoms with van der Waals surface area (Å²) in [6.45, 7) is 0. The summed E-state index contributed by atoms with van der Waals surface area (Å²) in [4.78, 5) is 4.23. The second kappa shape index (κ2) is 4.57. The first-order valence-electron chi connectivity index (χ1n) is 4.72. The summed E-state index contributed by atoms with van der Waals surface area (Å²) in [6, 6.07) is 7.36. The second-order valence-corrected chi connectivity index (χ2v) is 3.02. The Hall–Kier alpha value is -2.17. The lowest BCUT2D eigenvalue weighted by atomic mass is 10.2. The van der Waals surface area contributed by atoms with E-state index < -0.39 is 0 Å². The highest BCUT2D eigenvalue weighted by molar-refractivity contribution is 5.65. The van der Waals surface area contributed by atoms with Crippen LogP contribution in [0.3, 0.4) is 0 Å². The molecule has 0 saturated heterocycles. The molecule has 5 heteroatoms. The molecule has 0 aliphatic rings. The number of ether oxygens (including phenoxy) is 2. The molecule has 0 aliphatic carbocycles. The van der Waals surface area contributed by atoms with Gasteiger partial charge in [0.25, 0.3) is 0 Å². The number of methoxy groups -OCH3 is 2. The van der Waals surface area contributed by atoms with Gasteiger partial charge in [0.2, 0.25) is 11.8 Å². The van der Waals surface area contributed by atoms with Crippen LogP contribution < -0.4 is 9.47 Å². The third kappa shape index (κ3) is 1.93. The van der Waals surface area contributed by atoms with Crippen molar-refractivity contribution in [2.24, 2.45) is 0 Å². The van der Waals surface area contributed by atoms with Crippen LogP contribution in [-0.2, 0) is 0 Å². The van der Waals surface area contributed by atoms with Crippen LogP contribution in [0, 0.1) is 0 Å². The molecule has 2 aromatic heterocycles. The van der Waals surface area contributed by atoms with Crippen molar-refractivity contribution in [3.63, 3.8) is 0 Å². The molecular weight excluding hydrogens is 206 g/mol. The number of hydrogen-bond donors (Lipinski definition) is 0. The van der Waals surface area contributed by atoms with Gasteiger partial charge in [0.15, 0.2) is 0 Å². The third-order valence-electron chi connectivity index (χ3n) is 2.08. The summed E-state index contributed by atoms with van der Waals surface area (Å²) in [5, 5.41) is 7.74. The predicted octanol–water partition coefficient (Wildman–Crippen LogP) is 1.56. The molecule has 2 rings (SSSR count). The maximum Gasteiger partial charge on any atom is 0.242 e. The number of rotatable bonds is 3. The highest BCUT2D eigenvalue weighted by Gasteiger charge is 2.10. The Balaban J connectivity index is 2.53. The zero-order valence-corrected chi connectivity index (χ0v) is 9.04. The molecule has 2 aromatic rings. The molecule has 0 amide bonds. The van der Waals surface area contributed by atoms with Crippen LogP contribution in [0.1, 0.15) is 0 Å². The maximum absolute atomic E-state index is 5.13. The zero-order chi connectivity index (χ0) is 11.4. The highest BCUT2D eigenvalue weighted by atomic mass is 16.5. The summed E-state index contributed by atoms with van der Waals surface area (Å²) < 4.78 is 10.1. The number of nitrogens with zero attached hydrogens (tertiary/aromatic N) is 3. The molecule has 0 aromatic carbocycles. The van der Waals surface area contributed by atoms with Gasteiger partial charge in [-0.15, -0.1) is 10.2 Å². The molecule has 0 unspecified atom stereocenters. The number of aromatic nitrogens is 3. The lowest BCUT2D eigenvalue weighted by molar-refractivity contribution is 0.369. The van der Waals surface area contributed by atoms with Crippen LogP contribution in [0.4, 0.5) is 0 Å². The minimum Gasteiger partial charge on any atom is -0.480 e. The van der Waals surface area contributed by atoms with Gasteiger partial charge in [-0.2, -0.15) is 0 Å². The lowest BCUT2D eigenvalue weighted by Crippen LogP contribution is -1.97. The molecule has 0 spiro atoms. The van der Waals surface area contributed by atoms with Gasteiger partial charge in [0, 0.05) is 12.3 Å². The Morgan fingerprint density at radius 2 is 1.94 bits per heavy atom. The van der Waals surface area contributed by atoms with E-state index in [1.165, 1.54) is 0 Å². The smallest absolute Gasteiger partial charge is 0.242 e. The standard InChI is InChI=1S/C11H11N3O2/c1-15-10-7-8(11(16-2)14-13-10)9-5-3-4-6-12-9/h3-7H,1-2H3. The van der Waals surface area contributed by atoms with Crippen LogP contribution in [0.5, 0.6) is 11.8 Å². The van der Waals surface area contributed by atoms with Gasteiger partial charge in [0.05, 0.1) is 25.5 Å². The van der Waals surface area contributed by atoms with Crippen molar-refractivity contribution >= 4 is 0 Å². The van der Waals surface area contributed by atoms with E-state index in [0.29, 0.717) is 11.8 Å². The van der Waals surface area contributed by atoms with E-state index in [9.17, 15) is 0 Å². The Morgan fingerprint density at radius 1 is 1.06 bits per heavy atom. The van der Waals surface area contributed by atoms with Crippen molar-refractivity contribution in [3.8, 4) is 23.0 Å². The first-order valence-corrected chi connectivity index (χ1v) is 4.72. The fraction of sp³-hybridized carbons (Fsp3) is 0.182. The topological polar surface area (TPSA) is 57.1 Å². The minimum absolute atomic E-state index is 0.430. The third-order valence-corrected chi connectivity index (χ3v) is 2.08. The van der Waals surface area contributed by atoms with Crippen molar-refractivity contribution in [1.82, 2.24) is 15.2 Å². The largest absolute Gasteiger partial charge is 0.480 e. The van der Waals surface area contributed by atoms with Gasteiger partial charge >= 0.3 is 0 Å². The van der Waals surface area contributed by atoms with Gasteiger partial charge in [-0.05, 0) is 12.1 Å². The summed E-state index contributed by atoms with van der Waals surface area (Å²) in [7, 11) is 3.08. The molecule has 0 saturated carbocycles. The van der Waals surface area contributed by atoms with Crippen LogP contribution >= 0.6 is 0 Å². The normalized spacial score (nSPS) is 9.88. The SMILES string of the molecule is COc1cc(-c2ccccn2)c(OC)nn1. The molecule has 82 valence electrons. The molecule has 5 nitrogen and oxygen atoms in total. The predicted molar refractivity (Wildman–Crippen MR) is 58.4 cm³/mol. The lowest BCUT2D eigenvalue weighted by Gasteiger charge is -2.06. The van der Waals surface area contributed by atoms with Crippen molar-refractivity contribution in [2.45, 2.75) is 0 Å². The molecule has 2 heterocycles. The minimum atomic E-state index is 0.430. The Labute approximate surface area is 93.1 Å². The molecule has 0 aliphatic heterocycles. The number of hydrogen-bond acceptors (Lipinski definition) is 5. The molecule has 0 atom stereocenters. The van der Waals surface area contributed by atoms with Crippen molar-refractivity contribution in [3.05, 3.63) is 30.5 Å².